The van der Waals surface area contributed by atoms with E-state index >= 15 is 0 Å². The standard InChI is InChI=1S/C20H23ClN2O2/c1-20(2,18(24)22-13-12-15-8-4-3-5-9-15)19(25)23-14-16-10-6-7-11-17(16)21/h3-11H,12-14H2,1-2H3,(H,22,24)(H,23,25). The van der Waals surface area contributed by atoms with Crippen LogP contribution in [-0.2, 0) is 22.6 Å². The van der Waals surface area contributed by atoms with Crippen LogP contribution in [0, 0.1) is 5.41 Å². The number of carbonyl (C=O) groups excluding carboxylic acids is 2. The Kier molecular flexibility index (Phi) is 6.59. The maximum absolute atomic E-state index is 12.4. The highest BCUT2D eigenvalue weighted by Gasteiger charge is 2.35. The number of benzene rings is 2. The molecule has 2 amide bonds. The molecule has 0 aliphatic heterocycles. The summed E-state index contributed by atoms with van der Waals surface area (Å²) < 4.78 is 0. The van der Waals surface area contributed by atoms with Crippen LogP contribution in [0.5, 0.6) is 0 Å². The molecule has 25 heavy (non-hydrogen) atoms. The smallest absolute Gasteiger partial charge is 0.235 e. The van der Waals surface area contributed by atoms with Gasteiger partial charge in [-0.25, -0.2) is 0 Å². The number of rotatable bonds is 7. The summed E-state index contributed by atoms with van der Waals surface area (Å²) >= 11 is 6.08. The third-order valence-corrected chi connectivity index (χ3v) is 4.44. The van der Waals surface area contributed by atoms with Crippen LogP contribution in [0.3, 0.4) is 0 Å². The lowest BCUT2D eigenvalue weighted by Crippen LogP contribution is -2.48. The van der Waals surface area contributed by atoms with Crippen LogP contribution in [-0.4, -0.2) is 18.4 Å². The van der Waals surface area contributed by atoms with Gasteiger partial charge in [-0.3, -0.25) is 9.59 Å². The number of carbonyl (C=O) groups is 2. The quantitative estimate of drug-likeness (QED) is 0.746. The average Bonchev–Trinajstić information content (AvgIpc) is 2.61. The van der Waals surface area contributed by atoms with Crippen molar-refractivity contribution >= 4 is 23.4 Å². The van der Waals surface area contributed by atoms with E-state index in [2.05, 4.69) is 10.6 Å². The molecule has 0 atom stereocenters. The van der Waals surface area contributed by atoms with Gasteiger partial charge in [0.05, 0.1) is 0 Å². The van der Waals surface area contributed by atoms with Crippen LogP contribution in [0.25, 0.3) is 0 Å². The maximum Gasteiger partial charge on any atom is 0.235 e. The van der Waals surface area contributed by atoms with E-state index in [4.69, 9.17) is 11.6 Å². The number of amides is 2. The minimum atomic E-state index is -1.15. The second-order valence-corrected chi connectivity index (χ2v) is 6.80. The summed E-state index contributed by atoms with van der Waals surface area (Å²) in [7, 11) is 0. The SMILES string of the molecule is CC(C)(C(=O)NCCc1ccccc1)C(=O)NCc1ccccc1Cl. The van der Waals surface area contributed by atoms with E-state index in [1.165, 1.54) is 0 Å². The Morgan fingerprint density at radius 1 is 0.920 bits per heavy atom. The molecule has 0 saturated carbocycles. The molecule has 0 bridgehead atoms. The van der Waals surface area contributed by atoms with E-state index in [0.29, 0.717) is 18.1 Å². The van der Waals surface area contributed by atoms with Crippen molar-refractivity contribution in [2.24, 2.45) is 5.41 Å². The molecule has 0 fully saturated rings. The van der Waals surface area contributed by atoms with Crippen molar-refractivity contribution in [2.45, 2.75) is 26.8 Å². The molecular formula is C20H23ClN2O2. The minimum absolute atomic E-state index is 0.291. The molecule has 0 unspecified atom stereocenters. The van der Waals surface area contributed by atoms with Crippen molar-refractivity contribution < 1.29 is 9.59 Å². The molecule has 2 N–H and O–H groups in total. The van der Waals surface area contributed by atoms with Gasteiger partial charge in [0.25, 0.3) is 0 Å². The molecule has 0 aliphatic rings. The third kappa shape index (κ3) is 5.33. The van der Waals surface area contributed by atoms with Crippen LogP contribution in [0.4, 0.5) is 0 Å². The van der Waals surface area contributed by atoms with E-state index in [0.717, 1.165) is 17.5 Å². The third-order valence-electron chi connectivity index (χ3n) is 4.07. The second kappa shape index (κ2) is 8.67. The predicted molar refractivity (Wildman–Crippen MR) is 100 cm³/mol. The molecule has 5 heteroatoms. The summed E-state index contributed by atoms with van der Waals surface area (Å²) in [5.74, 6) is -0.621. The summed E-state index contributed by atoms with van der Waals surface area (Å²) in [6, 6.07) is 17.2. The normalized spacial score (nSPS) is 11.0. The van der Waals surface area contributed by atoms with E-state index < -0.39 is 5.41 Å². The second-order valence-electron chi connectivity index (χ2n) is 6.39. The molecule has 0 heterocycles. The predicted octanol–water partition coefficient (Wildman–Crippen LogP) is 3.34. The molecule has 0 saturated heterocycles. The van der Waals surface area contributed by atoms with Crippen molar-refractivity contribution in [2.75, 3.05) is 6.54 Å². The monoisotopic (exact) mass is 358 g/mol. The van der Waals surface area contributed by atoms with Gasteiger partial charge < -0.3 is 10.6 Å². The fraction of sp³-hybridized carbons (Fsp3) is 0.300. The van der Waals surface area contributed by atoms with Gasteiger partial charge in [-0.15, -0.1) is 0 Å². The Morgan fingerprint density at radius 3 is 2.20 bits per heavy atom. The molecule has 0 aromatic heterocycles. The first-order chi connectivity index (χ1) is 11.9. The Balaban J connectivity index is 1.84. The topological polar surface area (TPSA) is 58.2 Å². The lowest BCUT2D eigenvalue weighted by Gasteiger charge is -2.23. The lowest BCUT2D eigenvalue weighted by molar-refractivity contribution is -0.141. The van der Waals surface area contributed by atoms with E-state index in [1.54, 1.807) is 19.9 Å². The molecule has 2 aromatic rings. The fourth-order valence-corrected chi connectivity index (χ4v) is 2.53. The molecule has 0 aliphatic carbocycles. The Bertz CT molecular complexity index is 729. The van der Waals surface area contributed by atoms with Crippen LogP contribution < -0.4 is 10.6 Å². The van der Waals surface area contributed by atoms with Crippen molar-refractivity contribution in [1.29, 1.82) is 0 Å². The Labute approximate surface area is 153 Å². The highest BCUT2D eigenvalue weighted by Crippen LogP contribution is 2.18. The summed E-state index contributed by atoms with van der Waals surface area (Å²) in [6.07, 6.45) is 0.726. The van der Waals surface area contributed by atoms with Gasteiger partial charge in [0, 0.05) is 18.1 Å². The largest absolute Gasteiger partial charge is 0.355 e. The summed E-state index contributed by atoms with van der Waals surface area (Å²) in [5.41, 5.74) is 0.805. The van der Waals surface area contributed by atoms with E-state index in [-0.39, 0.29) is 11.8 Å². The van der Waals surface area contributed by atoms with E-state index in [1.807, 2.05) is 48.5 Å². The molecule has 2 rings (SSSR count). The number of nitrogens with one attached hydrogen (secondary N) is 2. The summed E-state index contributed by atoms with van der Waals surface area (Å²) in [4.78, 5) is 24.8. The zero-order valence-electron chi connectivity index (χ0n) is 14.5. The summed E-state index contributed by atoms with van der Waals surface area (Å²) in [5, 5.41) is 6.21. The zero-order valence-corrected chi connectivity index (χ0v) is 15.3. The van der Waals surface area contributed by atoms with Crippen LogP contribution in [0.2, 0.25) is 5.02 Å². The lowest BCUT2D eigenvalue weighted by atomic mass is 9.91. The number of halogens is 1. The van der Waals surface area contributed by atoms with Crippen molar-refractivity contribution in [1.82, 2.24) is 10.6 Å². The average molecular weight is 359 g/mol. The molecular weight excluding hydrogens is 336 g/mol. The summed E-state index contributed by atoms with van der Waals surface area (Å²) in [6.45, 7) is 4.02. The molecule has 0 radical (unpaired) electrons. The number of hydrogen-bond acceptors (Lipinski definition) is 2. The van der Waals surface area contributed by atoms with Gasteiger partial charge in [-0.1, -0.05) is 60.1 Å². The first kappa shape index (κ1) is 19.0. The molecule has 4 nitrogen and oxygen atoms in total. The van der Waals surface area contributed by atoms with Crippen molar-refractivity contribution in [3.05, 3.63) is 70.7 Å². The van der Waals surface area contributed by atoms with Crippen molar-refractivity contribution in [3.8, 4) is 0 Å². The van der Waals surface area contributed by atoms with Crippen LogP contribution in [0.1, 0.15) is 25.0 Å². The van der Waals surface area contributed by atoms with Gasteiger partial charge in [-0.2, -0.15) is 0 Å². The van der Waals surface area contributed by atoms with Crippen LogP contribution >= 0.6 is 11.6 Å². The Hall–Kier alpha value is -2.33. The van der Waals surface area contributed by atoms with E-state index in [9.17, 15) is 9.59 Å². The van der Waals surface area contributed by atoms with Gasteiger partial charge in [0.2, 0.25) is 11.8 Å². The van der Waals surface area contributed by atoms with Gasteiger partial charge in [0.15, 0.2) is 0 Å². The first-order valence-electron chi connectivity index (χ1n) is 8.25. The molecule has 132 valence electrons. The van der Waals surface area contributed by atoms with Gasteiger partial charge in [-0.05, 0) is 37.5 Å². The Morgan fingerprint density at radius 2 is 1.52 bits per heavy atom. The fourth-order valence-electron chi connectivity index (χ4n) is 2.33. The minimum Gasteiger partial charge on any atom is -0.355 e. The molecule has 2 aromatic carbocycles. The molecule has 0 spiro atoms. The zero-order chi connectivity index (χ0) is 18.3. The van der Waals surface area contributed by atoms with Crippen molar-refractivity contribution in [3.63, 3.8) is 0 Å². The number of hydrogen-bond donors (Lipinski definition) is 2. The highest BCUT2D eigenvalue weighted by atomic mass is 35.5. The van der Waals surface area contributed by atoms with Gasteiger partial charge in [0.1, 0.15) is 5.41 Å². The van der Waals surface area contributed by atoms with Crippen LogP contribution in [0.15, 0.2) is 54.6 Å². The highest BCUT2D eigenvalue weighted by molar-refractivity contribution is 6.31. The maximum atomic E-state index is 12.4. The first-order valence-corrected chi connectivity index (χ1v) is 8.63. The van der Waals surface area contributed by atoms with Gasteiger partial charge >= 0.3 is 0 Å².